The number of thioether (sulfide) groups is 1. The number of hydrogen-bond donors (Lipinski definition) is 1. The lowest BCUT2D eigenvalue weighted by atomic mass is 10.1. The number of rotatable bonds is 4. The van der Waals surface area contributed by atoms with Crippen LogP contribution < -0.4 is 4.90 Å². The summed E-state index contributed by atoms with van der Waals surface area (Å²) >= 11 is 1.75. The number of carboxylic acids is 1. The van der Waals surface area contributed by atoms with Crippen molar-refractivity contribution in [2.75, 3.05) is 17.2 Å². The second-order valence-corrected chi connectivity index (χ2v) is 5.54. The van der Waals surface area contributed by atoms with Crippen molar-refractivity contribution in [3.8, 4) is 0 Å². The summed E-state index contributed by atoms with van der Waals surface area (Å²) in [6, 6.07) is 6.06. The van der Waals surface area contributed by atoms with Gasteiger partial charge < -0.3 is 10.0 Å². The third-order valence-electron chi connectivity index (χ3n) is 3.16. The molecule has 0 atom stereocenters. The molecule has 2 rings (SSSR count). The molecule has 1 aromatic carbocycles. The number of carboxylic acid groups (broad SMARTS) is 1. The van der Waals surface area contributed by atoms with E-state index in [4.69, 9.17) is 5.11 Å². The van der Waals surface area contributed by atoms with Crippen molar-refractivity contribution in [2.24, 2.45) is 0 Å². The number of anilines is 1. The first-order valence-corrected chi connectivity index (χ1v) is 7.39. The molecule has 0 spiro atoms. The standard InChI is InChI=1S/C14H17NO3S/c1-2-10-4-3-5-11-14(10)15(8-9-19-11)12(16)6-7-13(17)18/h3-5H,2,6-9H2,1H3,(H,17,18). The molecule has 1 aromatic rings. The van der Waals surface area contributed by atoms with E-state index in [1.54, 1.807) is 16.7 Å². The van der Waals surface area contributed by atoms with Crippen LogP contribution in [0.4, 0.5) is 5.69 Å². The maximum atomic E-state index is 12.2. The van der Waals surface area contributed by atoms with E-state index in [9.17, 15) is 9.59 Å². The first-order valence-electron chi connectivity index (χ1n) is 6.40. The quantitative estimate of drug-likeness (QED) is 0.920. The highest BCUT2D eigenvalue weighted by Crippen LogP contribution is 2.38. The Labute approximate surface area is 116 Å². The zero-order chi connectivity index (χ0) is 13.8. The van der Waals surface area contributed by atoms with Crippen LogP contribution in [0.5, 0.6) is 0 Å². The van der Waals surface area contributed by atoms with Gasteiger partial charge in [-0.2, -0.15) is 0 Å². The van der Waals surface area contributed by atoms with Crippen molar-refractivity contribution < 1.29 is 14.7 Å². The predicted octanol–water partition coefficient (Wildman–Crippen LogP) is 2.55. The third-order valence-corrected chi connectivity index (χ3v) is 4.19. The molecule has 5 heteroatoms. The fourth-order valence-corrected chi connectivity index (χ4v) is 3.28. The first kappa shape index (κ1) is 13.9. The van der Waals surface area contributed by atoms with Crippen LogP contribution in [0.15, 0.2) is 23.1 Å². The first-order chi connectivity index (χ1) is 9.13. The zero-order valence-electron chi connectivity index (χ0n) is 10.9. The fraction of sp³-hybridized carbons (Fsp3) is 0.429. The second kappa shape index (κ2) is 6.10. The summed E-state index contributed by atoms with van der Waals surface area (Å²) in [4.78, 5) is 25.6. The number of para-hydroxylation sites is 1. The van der Waals surface area contributed by atoms with Crippen molar-refractivity contribution >= 4 is 29.3 Å². The largest absolute Gasteiger partial charge is 0.481 e. The number of nitrogens with zero attached hydrogens (tertiary/aromatic N) is 1. The summed E-state index contributed by atoms with van der Waals surface area (Å²) in [5.74, 6) is -0.160. The molecule has 1 aliphatic heterocycles. The van der Waals surface area contributed by atoms with Gasteiger partial charge in [0.05, 0.1) is 12.1 Å². The molecule has 0 saturated heterocycles. The van der Waals surface area contributed by atoms with Gasteiger partial charge in [-0.1, -0.05) is 19.1 Å². The lowest BCUT2D eigenvalue weighted by molar-refractivity contribution is -0.138. The number of carbonyl (C=O) groups excluding carboxylic acids is 1. The maximum Gasteiger partial charge on any atom is 0.303 e. The second-order valence-electron chi connectivity index (χ2n) is 4.41. The lowest BCUT2D eigenvalue weighted by Crippen LogP contribution is -2.36. The van der Waals surface area contributed by atoms with E-state index in [0.29, 0.717) is 6.54 Å². The minimum absolute atomic E-state index is 0.0670. The Morgan fingerprint density at radius 3 is 2.84 bits per heavy atom. The summed E-state index contributed by atoms with van der Waals surface area (Å²) in [6.45, 7) is 2.72. The van der Waals surface area contributed by atoms with Crippen molar-refractivity contribution in [3.05, 3.63) is 23.8 Å². The van der Waals surface area contributed by atoms with Gasteiger partial charge in [0.2, 0.25) is 5.91 Å². The molecule has 0 fully saturated rings. The summed E-state index contributed by atoms with van der Waals surface area (Å²) in [7, 11) is 0. The maximum absolute atomic E-state index is 12.2. The Balaban J connectivity index is 2.25. The van der Waals surface area contributed by atoms with Crippen molar-refractivity contribution in [3.63, 3.8) is 0 Å². The van der Waals surface area contributed by atoms with E-state index < -0.39 is 5.97 Å². The Bertz CT molecular complexity index is 487. The van der Waals surface area contributed by atoms with Gasteiger partial charge in [0.15, 0.2) is 0 Å². The van der Waals surface area contributed by atoms with Gasteiger partial charge in [0.25, 0.3) is 0 Å². The third kappa shape index (κ3) is 3.10. The highest BCUT2D eigenvalue weighted by Gasteiger charge is 2.25. The highest BCUT2D eigenvalue weighted by molar-refractivity contribution is 7.99. The van der Waals surface area contributed by atoms with Crippen molar-refractivity contribution in [2.45, 2.75) is 31.1 Å². The monoisotopic (exact) mass is 279 g/mol. The average Bonchev–Trinajstić information content (AvgIpc) is 2.43. The lowest BCUT2D eigenvalue weighted by Gasteiger charge is -2.31. The van der Waals surface area contributed by atoms with Crippen LogP contribution in [0.1, 0.15) is 25.3 Å². The molecule has 0 bridgehead atoms. The number of amides is 1. The Kier molecular flexibility index (Phi) is 4.47. The molecule has 1 aliphatic rings. The molecular weight excluding hydrogens is 262 g/mol. The number of aliphatic carboxylic acids is 1. The predicted molar refractivity (Wildman–Crippen MR) is 75.8 cm³/mol. The van der Waals surface area contributed by atoms with E-state index >= 15 is 0 Å². The molecule has 0 aromatic heterocycles. The molecule has 1 heterocycles. The van der Waals surface area contributed by atoms with Gasteiger partial charge >= 0.3 is 5.97 Å². The SMILES string of the molecule is CCc1cccc2c1N(C(=O)CCC(=O)O)CCS2. The number of fused-ring (bicyclic) bond motifs is 1. The Morgan fingerprint density at radius 1 is 1.37 bits per heavy atom. The van der Waals surface area contributed by atoms with E-state index in [1.807, 2.05) is 18.2 Å². The fourth-order valence-electron chi connectivity index (χ4n) is 2.23. The summed E-state index contributed by atoms with van der Waals surface area (Å²) in [5.41, 5.74) is 2.13. The Hall–Kier alpha value is -1.49. The molecule has 102 valence electrons. The normalized spacial score (nSPS) is 14.1. The average molecular weight is 279 g/mol. The molecule has 0 unspecified atom stereocenters. The Morgan fingerprint density at radius 2 is 2.16 bits per heavy atom. The minimum Gasteiger partial charge on any atom is -0.481 e. The molecule has 4 nitrogen and oxygen atoms in total. The summed E-state index contributed by atoms with van der Waals surface area (Å²) in [6.07, 6.45) is 0.829. The number of carbonyl (C=O) groups is 2. The number of aryl methyl sites for hydroxylation is 1. The molecule has 19 heavy (non-hydrogen) atoms. The van der Waals surface area contributed by atoms with Gasteiger partial charge in [-0.3, -0.25) is 9.59 Å². The topological polar surface area (TPSA) is 57.6 Å². The van der Waals surface area contributed by atoms with Gasteiger partial charge in [-0.15, -0.1) is 11.8 Å². The molecule has 1 amide bonds. The van der Waals surface area contributed by atoms with Crippen LogP contribution >= 0.6 is 11.8 Å². The van der Waals surface area contributed by atoms with Crippen LogP contribution in [0.2, 0.25) is 0 Å². The summed E-state index contributed by atoms with van der Waals surface area (Å²) < 4.78 is 0. The van der Waals surface area contributed by atoms with E-state index in [2.05, 4.69) is 6.92 Å². The van der Waals surface area contributed by atoms with Gasteiger partial charge in [-0.25, -0.2) is 0 Å². The van der Waals surface area contributed by atoms with E-state index in [1.165, 1.54) is 0 Å². The minimum atomic E-state index is -0.927. The van der Waals surface area contributed by atoms with Crippen molar-refractivity contribution in [1.82, 2.24) is 0 Å². The van der Waals surface area contributed by atoms with Crippen LogP contribution in [-0.2, 0) is 16.0 Å². The van der Waals surface area contributed by atoms with Crippen LogP contribution in [0.25, 0.3) is 0 Å². The van der Waals surface area contributed by atoms with Gasteiger partial charge in [0, 0.05) is 23.6 Å². The molecule has 1 N–H and O–H groups in total. The number of hydrogen-bond acceptors (Lipinski definition) is 3. The van der Waals surface area contributed by atoms with Crippen molar-refractivity contribution in [1.29, 1.82) is 0 Å². The van der Waals surface area contributed by atoms with E-state index in [-0.39, 0.29) is 18.7 Å². The zero-order valence-corrected chi connectivity index (χ0v) is 11.7. The van der Waals surface area contributed by atoms with E-state index in [0.717, 1.165) is 28.3 Å². The summed E-state index contributed by atoms with van der Waals surface area (Å²) in [5, 5.41) is 8.68. The van der Waals surface area contributed by atoms with Gasteiger partial charge in [0.1, 0.15) is 0 Å². The highest BCUT2D eigenvalue weighted by atomic mass is 32.2. The molecule has 0 saturated carbocycles. The smallest absolute Gasteiger partial charge is 0.303 e. The molecule has 0 aliphatic carbocycles. The number of benzene rings is 1. The van der Waals surface area contributed by atoms with Crippen LogP contribution in [-0.4, -0.2) is 29.3 Å². The molecular formula is C14H17NO3S. The van der Waals surface area contributed by atoms with Crippen LogP contribution in [0.3, 0.4) is 0 Å². The molecule has 0 radical (unpaired) electrons. The van der Waals surface area contributed by atoms with Gasteiger partial charge in [-0.05, 0) is 18.1 Å². The van der Waals surface area contributed by atoms with Crippen LogP contribution in [0, 0.1) is 0 Å².